The van der Waals surface area contributed by atoms with Crippen LogP contribution in [0.2, 0.25) is 0 Å². The molecular formula is C13H23N3O2. The lowest BCUT2D eigenvalue weighted by Crippen LogP contribution is -2.35. The molecule has 0 aromatic heterocycles. The lowest BCUT2D eigenvalue weighted by atomic mass is 10.3. The lowest BCUT2D eigenvalue weighted by Gasteiger charge is -2.06. The Morgan fingerprint density at radius 1 is 1.06 bits per heavy atom. The van der Waals surface area contributed by atoms with Gasteiger partial charge in [-0.1, -0.05) is 0 Å². The highest BCUT2D eigenvalue weighted by Crippen LogP contribution is 2.27. The topological polar surface area (TPSA) is 70.2 Å². The average molecular weight is 253 g/mol. The third-order valence-electron chi connectivity index (χ3n) is 3.26. The van der Waals surface area contributed by atoms with Gasteiger partial charge in [-0.25, -0.2) is 0 Å². The zero-order valence-corrected chi connectivity index (χ0v) is 10.8. The molecule has 0 aromatic carbocycles. The number of nitrogens with one attached hydrogen (secondary N) is 3. The Labute approximate surface area is 108 Å². The molecule has 0 unspecified atom stereocenters. The molecule has 2 aliphatic rings. The number of amides is 2. The molecule has 2 amide bonds. The van der Waals surface area contributed by atoms with Gasteiger partial charge in [-0.15, -0.1) is 0 Å². The van der Waals surface area contributed by atoms with Crippen molar-refractivity contribution in [2.24, 2.45) is 5.92 Å². The van der Waals surface area contributed by atoms with Gasteiger partial charge in [-0.2, -0.15) is 0 Å². The van der Waals surface area contributed by atoms with Gasteiger partial charge >= 0.3 is 0 Å². The Morgan fingerprint density at radius 2 is 1.83 bits per heavy atom. The van der Waals surface area contributed by atoms with Crippen LogP contribution in [0.25, 0.3) is 0 Å². The normalized spacial score (nSPS) is 18.4. The standard InChI is InChI=1S/C13H23N3O2/c17-12(16-11-5-6-11)2-1-7-15-13(18)9-14-8-10-3-4-10/h10-11,14H,1-9H2,(H,15,18)(H,16,17). The molecule has 18 heavy (non-hydrogen) atoms. The second kappa shape index (κ2) is 6.73. The van der Waals surface area contributed by atoms with E-state index >= 15 is 0 Å². The summed E-state index contributed by atoms with van der Waals surface area (Å²) in [5.41, 5.74) is 0. The summed E-state index contributed by atoms with van der Waals surface area (Å²) in [7, 11) is 0. The summed E-state index contributed by atoms with van der Waals surface area (Å²) in [6.45, 7) is 1.93. The van der Waals surface area contributed by atoms with Gasteiger partial charge in [0.25, 0.3) is 0 Å². The van der Waals surface area contributed by atoms with Gasteiger partial charge in [0.2, 0.25) is 11.8 Å². The van der Waals surface area contributed by atoms with Crippen molar-refractivity contribution in [1.29, 1.82) is 0 Å². The van der Waals surface area contributed by atoms with E-state index in [0.717, 1.165) is 25.3 Å². The summed E-state index contributed by atoms with van der Waals surface area (Å²) in [4.78, 5) is 22.8. The largest absolute Gasteiger partial charge is 0.355 e. The first-order chi connectivity index (χ1) is 8.74. The Hall–Kier alpha value is -1.10. The van der Waals surface area contributed by atoms with Gasteiger partial charge < -0.3 is 16.0 Å². The van der Waals surface area contributed by atoms with Crippen LogP contribution in [-0.4, -0.2) is 37.5 Å². The Bertz CT molecular complexity index is 299. The van der Waals surface area contributed by atoms with Gasteiger partial charge in [0, 0.05) is 19.0 Å². The number of carbonyl (C=O) groups excluding carboxylic acids is 2. The van der Waals surface area contributed by atoms with E-state index in [1.54, 1.807) is 0 Å². The van der Waals surface area contributed by atoms with E-state index in [9.17, 15) is 9.59 Å². The number of carbonyl (C=O) groups is 2. The second-order valence-corrected chi connectivity index (χ2v) is 5.37. The molecule has 2 aliphatic carbocycles. The first-order valence-corrected chi connectivity index (χ1v) is 7.01. The van der Waals surface area contributed by atoms with Crippen LogP contribution in [0.3, 0.4) is 0 Å². The van der Waals surface area contributed by atoms with Crippen LogP contribution in [0.5, 0.6) is 0 Å². The quantitative estimate of drug-likeness (QED) is 0.513. The van der Waals surface area contributed by atoms with E-state index in [-0.39, 0.29) is 11.8 Å². The summed E-state index contributed by atoms with van der Waals surface area (Å²) >= 11 is 0. The van der Waals surface area contributed by atoms with Crippen LogP contribution in [0, 0.1) is 5.92 Å². The zero-order chi connectivity index (χ0) is 12.8. The molecule has 0 atom stereocenters. The second-order valence-electron chi connectivity index (χ2n) is 5.37. The summed E-state index contributed by atoms with van der Waals surface area (Å²) in [6.07, 6.45) is 6.05. The molecule has 2 fully saturated rings. The molecule has 2 rings (SSSR count). The molecule has 2 saturated carbocycles. The third-order valence-corrected chi connectivity index (χ3v) is 3.26. The Morgan fingerprint density at radius 3 is 2.50 bits per heavy atom. The van der Waals surface area contributed by atoms with Gasteiger partial charge in [-0.3, -0.25) is 9.59 Å². The molecule has 5 nitrogen and oxygen atoms in total. The molecule has 0 radical (unpaired) electrons. The minimum Gasteiger partial charge on any atom is -0.355 e. The summed E-state index contributed by atoms with van der Waals surface area (Å²) in [6, 6.07) is 0.429. The highest BCUT2D eigenvalue weighted by Gasteiger charge is 2.22. The molecule has 0 aromatic rings. The summed E-state index contributed by atoms with van der Waals surface area (Å²) in [5.74, 6) is 0.931. The van der Waals surface area contributed by atoms with E-state index in [0.29, 0.717) is 32.0 Å². The van der Waals surface area contributed by atoms with Crippen LogP contribution in [0.15, 0.2) is 0 Å². The lowest BCUT2D eigenvalue weighted by molar-refractivity contribution is -0.122. The molecule has 0 spiro atoms. The van der Waals surface area contributed by atoms with Crippen molar-refractivity contribution in [2.45, 2.75) is 44.6 Å². The highest BCUT2D eigenvalue weighted by molar-refractivity contribution is 5.78. The van der Waals surface area contributed by atoms with Crippen molar-refractivity contribution in [3.8, 4) is 0 Å². The van der Waals surface area contributed by atoms with Crippen molar-refractivity contribution in [2.75, 3.05) is 19.6 Å². The van der Waals surface area contributed by atoms with Crippen LogP contribution < -0.4 is 16.0 Å². The minimum absolute atomic E-state index is 0.0262. The van der Waals surface area contributed by atoms with Crippen molar-refractivity contribution in [3.63, 3.8) is 0 Å². The van der Waals surface area contributed by atoms with Crippen LogP contribution >= 0.6 is 0 Å². The molecule has 5 heteroatoms. The maximum atomic E-state index is 11.4. The van der Waals surface area contributed by atoms with Gasteiger partial charge in [-0.05, 0) is 44.6 Å². The smallest absolute Gasteiger partial charge is 0.233 e. The summed E-state index contributed by atoms with van der Waals surface area (Å²) < 4.78 is 0. The predicted molar refractivity (Wildman–Crippen MR) is 69.0 cm³/mol. The molecule has 3 N–H and O–H groups in total. The number of hydrogen-bond donors (Lipinski definition) is 3. The molecule has 0 saturated heterocycles. The van der Waals surface area contributed by atoms with Crippen LogP contribution in [0.4, 0.5) is 0 Å². The molecule has 0 heterocycles. The predicted octanol–water partition coefficient (Wildman–Crippen LogP) is 0.161. The van der Waals surface area contributed by atoms with Gasteiger partial charge in [0.05, 0.1) is 6.54 Å². The maximum absolute atomic E-state index is 11.4. The van der Waals surface area contributed by atoms with Crippen molar-refractivity contribution in [3.05, 3.63) is 0 Å². The van der Waals surface area contributed by atoms with E-state index in [1.807, 2.05) is 0 Å². The first kappa shape index (κ1) is 13.3. The average Bonchev–Trinajstić information content (AvgIpc) is 3.19. The minimum atomic E-state index is 0.0262. The van der Waals surface area contributed by atoms with E-state index in [4.69, 9.17) is 0 Å². The highest BCUT2D eigenvalue weighted by atomic mass is 16.2. The van der Waals surface area contributed by atoms with Crippen molar-refractivity contribution < 1.29 is 9.59 Å². The van der Waals surface area contributed by atoms with E-state index < -0.39 is 0 Å². The fourth-order valence-corrected chi connectivity index (χ4v) is 1.78. The maximum Gasteiger partial charge on any atom is 0.233 e. The SMILES string of the molecule is O=C(CNCC1CC1)NCCCC(=O)NC1CC1. The van der Waals surface area contributed by atoms with Crippen LogP contribution in [-0.2, 0) is 9.59 Å². The Balaban J connectivity index is 1.38. The van der Waals surface area contributed by atoms with E-state index in [2.05, 4.69) is 16.0 Å². The fourth-order valence-electron chi connectivity index (χ4n) is 1.78. The first-order valence-electron chi connectivity index (χ1n) is 7.01. The fraction of sp³-hybridized carbons (Fsp3) is 0.846. The van der Waals surface area contributed by atoms with Gasteiger partial charge in [0.15, 0.2) is 0 Å². The molecular weight excluding hydrogens is 230 g/mol. The molecule has 0 aliphatic heterocycles. The molecule has 102 valence electrons. The third kappa shape index (κ3) is 6.00. The molecule has 0 bridgehead atoms. The number of rotatable bonds is 9. The summed E-state index contributed by atoms with van der Waals surface area (Å²) in [5, 5.41) is 8.89. The van der Waals surface area contributed by atoms with E-state index in [1.165, 1.54) is 12.8 Å². The van der Waals surface area contributed by atoms with Gasteiger partial charge in [0.1, 0.15) is 0 Å². The monoisotopic (exact) mass is 253 g/mol. The number of hydrogen-bond acceptors (Lipinski definition) is 3. The zero-order valence-electron chi connectivity index (χ0n) is 10.8. The van der Waals surface area contributed by atoms with Crippen molar-refractivity contribution >= 4 is 11.8 Å². The Kier molecular flexibility index (Phi) is 4.99. The van der Waals surface area contributed by atoms with Crippen molar-refractivity contribution in [1.82, 2.24) is 16.0 Å². The van der Waals surface area contributed by atoms with Crippen LogP contribution in [0.1, 0.15) is 38.5 Å².